The molecule has 3 N–H and O–H groups in total. The Morgan fingerprint density at radius 3 is 2.55 bits per heavy atom. The highest BCUT2D eigenvalue weighted by atomic mass is 127. The van der Waals surface area contributed by atoms with Gasteiger partial charge >= 0.3 is 0 Å². The standard InChI is InChI=1S/C15H29N5O.HI/c1-10(2)18-14(21)7-17-15(16-4)19-13-9-20(8-11(13)3)12-5-6-12;/h10-13H,5-9H2,1-4H3,(H,18,21)(H2,16,17,19);1H. The van der Waals surface area contributed by atoms with Gasteiger partial charge in [0.25, 0.3) is 0 Å². The molecule has 2 fully saturated rings. The van der Waals surface area contributed by atoms with Crippen LogP contribution in [-0.4, -0.2) is 61.6 Å². The molecule has 1 aliphatic heterocycles. The van der Waals surface area contributed by atoms with Crippen molar-refractivity contribution in [3.63, 3.8) is 0 Å². The highest BCUT2D eigenvalue weighted by Gasteiger charge is 2.38. The van der Waals surface area contributed by atoms with Gasteiger partial charge in [0.15, 0.2) is 5.96 Å². The Kier molecular flexibility index (Phi) is 7.88. The number of halogens is 1. The molecule has 2 aliphatic rings. The molecule has 7 heteroatoms. The number of nitrogens with one attached hydrogen (secondary N) is 3. The summed E-state index contributed by atoms with van der Waals surface area (Å²) in [6.07, 6.45) is 2.70. The number of likely N-dealkylation sites (tertiary alicyclic amines) is 1. The fraction of sp³-hybridized carbons (Fsp3) is 0.867. The Morgan fingerprint density at radius 1 is 1.32 bits per heavy atom. The highest BCUT2D eigenvalue weighted by Crippen LogP contribution is 2.31. The molecule has 6 nitrogen and oxygen atoms in total. The minimum atomic E-state index is -0.00738. The Morgan fingerprint density at radius 2 is 2.00 bits per heavy atom. The predicted molar refractivity (Wildman–Crippen MR) is 101 cm³/mol. The maximum absolute atomic E-state index is 11.7. The summed E-state index contributed by atoms with van der Waals surface area (Å²) in [4.78, 5) is 18.4. The third-order valence-electron chi connectivity index (χ3n) is 4.12. The van der Waals surface area contributed by atoms with Crippen molar-refractivity contribution in [2.75, 3.05) is 26.7 Å². The molecular formula is C15H30IN5O. The average Bonchev–Trinajstić information content (AvgIpc) is 3.19. The number of guanidine groups is 1. The second-order valence-electron chi connectivity index (χ2n) is 6.56. The molecule has 0 aromatic heterocycles. The van der Waals surface area contributed by atoms with Crippen LogP contribution in [0.5, 0.6) is 0 Å². The maximum Gasteiger partial charge on any atom is 0.239 e. The van der Waals surface area contributed by atoms with Crippen LogP contribution in [0, 0.1) is 5.92 Å². The smallest absolute Gasteiger partial charge is 0.239 e. The van der Waals surface area contributed by atoms with Gasteiger partial charge in [-0.15, -0.1) is 24.0 Å². The van der Waals surface area contributed by atoms with E-state index < -0.39 is 0 Å². The highest BCUT2D eigenvalue weighted by molar-refractivity contribution is 14.0. The molecule has 2 atom stereocenters. The lowest BCUT2D eigenvalue weighted by molar-refractivity contribution is -0.120. The van der Waals surface area contributed by atoms with Crippen molar-refractivity contribution in [3.05, 3.63) is 0 Å². The second-order valence-corrected chi connectivity index (χ2v) is 6.56. The first-order chi connectivity index (χ1) is 9.99. The summed E-state index contributed by atoms with van der Waals surface area (Å²) in [6.45, 7) is 8.68. The van der Waals surface area contributed by atoms with Crippen LogP contribution in [0.2, 0.25) is 0 Å². The largest absolute Gasteiger partial charge is 0.352 e. The summed E-state index contributed by atoms with van der Waals surface area (Å²) in [6, 6.07) is 1.38. The second kappa shape index (κ2) is 8.90. The molecule has 0 spiro atoms. The number of hydrogen-bond acceptors (Lipinski definition) is 3. The van der Waals surface area contributed by atoms with Gasteiger partial charge in [0.1, 0.15) is 0 Å². The molecule has 1 heterocycles. The summed E-state index contributed by atoms with van der Waals surface area (Å²) in [5.74, 6) is 1.31. The van der Waals surface area contributed by atoms with Gasteiger partial charge in [-0.3, -0.25) is 14.7 Å². The number of rotatable bonds is 5. The molecule has 22 heavy (non-hydrogen) atoms. The van der Waals surface area contributed by atoms with Gasteiger partial charge in [0.2, 0.25) is 5.91 Å². The van der Waals surface area contributed by atoms with E-state index in [1.54, 1.807) is 7.05 Å². The number of hydrogen-bond donors (Lipinski definition) is 3. The van der Waals surface area contributed by atoms with Gasteiger partial charge in [-0.1, -0.05) is 6.92 Å². The van der Waals surface area contributed by atoms with E-state index in [9.17, 15) is 4.79 Å². The molecule has 0 aromatic rings. The lowest BCUT2D eigenvalue weighted by atomic mass is 10.1. The quantitative estimate of drug-likeness (QED) is 0.347. The minimum Gasteiger partial charge on any atom is -0.352 e. The van der Waals surface area contributed by atoms with Crippen LogP contribution in [0.25, 0.3) is 0 Å². The van der Waals surface area contributed by atoms with Crippen LogP contribution in [0.15, 0.2) is 4.99 Å². The number of carbonyl (C=O) groups excluding carboxylic acids is 1. The van der Waals surface area contributed by atoms with Crippen LogP contribution in [0.3, 0.4) is 0 Å². The van der Waals surface area contributed by atoms with Crippen LogP contribution < -0.4 is 16.0 Å². The Bertz CT molecular complexity index is 397. The van der Waals surface area contributed by atoms with E-state index in [4.69, 9.17) is 0 Å². The minimum absolute atomic E-state index is 0. The first-order valence-corrected chi connectivity index (χ1v) is 8.00. The predicted octanol–water partition coefficient (Wildman–Crippen LogP) is 0.777. The van der Waals surface area contributed by atoms with Gasteiger partial charge in [-0.2, -0.15) is 0 Å². The molecule has 0 radical (unpaired) electrons. The summed E-state index contributed by atoms with van der Waals surface area (Å²) in [7, 11) is 1.74. The zero-order valence-corrected chi connectivity index (χ0v) is 16.4. The summed E-state index contributed by atoms with van der Waals surface area (Å²) in [5.41, 5.74) is 0. The maximum atomic E-state index is 11.7. The van der Waals surface area contributed by atoms with E-state index in [1.807, 2.05) is 13.8 Å². The first kappa shape index (κ1) is 19.5. The average molecular weight is 423 g/mol. The van der Waals surface area contributed by atoms with Crippen LogP contribution in [0.4, 0.5) is 0 Å². The fourth-order valence-corrected chi connectivity index (χ4v) is 2.84. The molecule has 128 valence electrons. The third-order valence-corrected chi connectivity index (χ3v) is 4.12. The number of carbonyl (C=O) groups is 1. The van der Waals surface area contributed by atoms with Gasteiger partial charge in [-0.25, -0.2) is 0 Å². The van der Waals surface area contributed by atoms with Crippen LogP contribution >= 0.6 is 24.0 Å². The number of amides is 1. The molecular weight excluding hydrogens is 393 g/mol. The number of aliphatic imine (C=N–C) groups is 1. The summed E-state index contributed by atoms with van der Waals surface area (Å²) >= 11 is 0. The van der Waals surface area contributed by atoms with Gasteiger partial charge in [0, 0.05) is 38.3 Å². The fourth-order valence-electron chi connectivity index (χ4n) is 2.84. The Balaban J connectivity index is 0.00000242. The lowest BCUT2D eigenvalue weighted by Gasteiger charge is -2.20. The van der Waals surface area contributed by atoms with E-state index in [0.717, 1.165) is 19.1 Å². The zero-order chi connectivity index (χ0) is 15.4. The van der Waals surface area contributed by atoms with Gasteiger partial charge < -0.3 is 16.0 Å². The van der Waals surface area contributed by atoms with E-state index in [2.05, 4.69) is 32.8 Å². The molecule has 2 unspecified atom stereocenters. The molecule has 1 aliphatic carbocycles. The molecule has 0 bridgehead atoms. The third kappa shape index (κ3) is 5.91. The zero-order valence-electron chi connectivity index (χ0n) is 14.1. The van der Waals surface area contributed by atoms with Crippen LogP contribution in [-0.2, 0) is 4.79 Å². The molecule has 1 saturated carbocycles. The van der Waals surface area contributed by atoms with E-state index in [1.165, 1.54) is 12.8 Å². The summed E-state index contributed by atoms with van der Waals surface area (Å²) < 4.78 is 0. The molecule has 1 amide bonds. The van der Waals surface area contributed by atoms with E-state index >= 15 is 0 Å². The van der Waals surface area contributed by atoms with Crippen molar-refractivity contribution in [3.8, 4) is 0 Å². The van der Waals surface area contributed by atoms with Crippen molar-refractivity contribution in [1.82, 2.24) is 20.9 Å². The van der Waals surface area contributed by atoms with Gasteiger partial charge in [0.05, 0.1) is 6.54 Å². The molecule has 1 saturated heterocycles. The van der Waals surface area contributed by atoms with Crippen molar-refractivity contribution in [2.24, 2.45) is 10.9 Å². The molecule has 2 rings (SSSR count). The summed E-state index contributed by atoms with van der Waals surface area (Å²) in [5, 5.41) is 9.41. The van der Waals surface area contributed by atoms with Crippen molar-refractivity contribution in [2.45, 2.75) is 51.7 Å². The van der Waals surface area contributed by atoms with E-state index in [0.29, 0.717) is 17.9 Å². The number of nitrogens with zero attached hydrogens (tertiary/aromatic N) is 2. The monoisotopic (exact) mass is 423 g/mol. The van der Waals surface area contributed by atoms with E-state index in [-0.39, 0.29) is 42.5 Å². The normalized spacial score (nSPS) is 25.8. The first-order valence-electron chi connectivity index (χ1n) is 8.00. The topological polar surface area (TPSA) is 68.8 Å². The van der Waals surface area contributed by atoms with Crippen LogP contribution in [0.1, 0.15) is 33.6 Å². The van der Waals surface area contributed by atoms with Gasteiger partial charge in [-0.05, 0) is 32.6 Å². The lowest BCUT2D eigenvalue weighted by Crippen LogP contribution is -2.49. The van der Waals surface area contributed by atoms with Crippen molar-refractivity contribution < 1.29 is 4.79 Å². The molecule has 0 aromatic carbocycles. The SMILES string of the molecule is CN=C(NCC(=O)NC(C)C)NC1CN(C2CC2)CC1C.I. The van der Waals surface area contributed by atoms with Crippen molar-refractivity contribution in [1.29, 1.82) is 0 Å². The Hall–Kier alpha value is -0.570. The Labute approximate surface area is 150 Å². The van der Waals surface area contributed by atoms with Crippen molar-refractivity contribution >= 4 is 35.8 Å².